The van der Waals surface area contributed by atoms with Gasteiger partial charge >= 0.3 is 0 Å². The lowest BCUT2D eigenvalue weighted by Crippen LogP contribution is -2.35. The fourth-order valence-corrected chi connectivity index (χ4v) is 4.95. The van der Waals surface area contributed by atoms with Crippen LogP contribution >= 0.6 is 22.9 Å². The topological polar surface area (TPSA) is 94.6 Å². The Balaban J connectivity index is 1.73. The van der Waals surface area contributed by atoms with Crippen LogP contribution in [0.1, 0.15) is 12.8 Å². The van der Waals surface area contributed by atoms with E-state index in [0.29, 0.717) is 25.3 Å². The van der Waals surface area contributed by atoms with E-state index in [-0.39, 0.29) is 16.1 Å². The minimum Gasteiger partial charge on any atom is -0.383 e. The van der Waals surface area contributed by atoms with Gasteiger partial charge in [-0.2, -0.15) is 5.06 Å². The summed E-state index contributed by atoms with van der Waals surface area (Å²) in [4.78, 5) is 3.28. The Kier molecular flexibility index (Phi) is 5.98. The van der Waals surface area contributed by atoms with Gasteiger partial charge in [-0.1, -0.05) is 11.6 Å². The van der Waals surface area contributed by atoms with Gasteiger partial charge in [0, 0.05) is 31.2 Å². The van der Waals surface area contributed by atoms with Gasteiger partial charge in [0.2, 0.25) is 0 Å². The zero-order valence-corrected chi connectivity index (χ0v) is 16.0. The van der Waals surface area contributed by atoms with E-state index in [1.807, 2.05) is 0 Å². The van der Waals surface area contributed by atoms with Crippen molar-refractivity contribution in [1.82, 2.24) is 10.0 Å². The van der Waals surface area contributed by atoms with Gasteiger partial charge in [0.25, 0.3) is 10.0 Å². The largest absolute Gasteiger partial charge is 0.383 e. The summed E-state index contributed by atoms with van der Waals surface area (Å²) in [6, 6.07) is 2.15. The molecule has 1 aromatic carbocycles. The lowest BCUT2D eigenvalue weighted by atomic mass is 9.99. The SMILES string of the molecule is O=S(=O)(Nc1nccs1)c1cc(Cl)c(NC[C@@H]2CCCN(O)C2)cc1F. The average Bonchev–Trinajstić information content (AvgIpc) is 3.07. The highest BCUT2D eigenvalue weighted by atomic mass is 35.5. The highest BCUT2D eigenvalue weighted by molar-refractivity contribution is 7.93. The maximum Gasteiger partial charge on any atom is 0.266 e. The van der Waals surface area contributed by atoms with E-state index in [2.05, 4.69) is 15.0 Å². The van der Waals surface area contributed by atoms with E-state index in [9.17, 15) is 18.0 Å². The van der Waals surface area contributed by atoms with Crippen LogP contribution < -0.4 is 10.0 Å². The summed E-state index contributed by atoms with van der Waals surface area (Å²) in [7, 11) is -4.12. The molecule has 1 aliphatic rings. The Hall–Kier alpha value is -1.46. The van der Waals surface area contributed by atoms with Gasteiger partial charge in [0.1, 0.15) is 10.7 Å². The number of halogens is 2. The standard InChI is InChI=1S/C15H18ClFN4O3S2/c16-11-6-14(26(23,24)20-15-18-3-5-25-15)12(17)7-13(11)19-8-10-2-1-4-21(22)9-10/h3,5-7,10,19,22H,1-2,4,8-9H2,(H,18,20)/t10-/m0/s1. The summed E-state index contributed by atoms with van der Waals surface area (Å²) < 4.78 is 41.3. The molecule has 142 valence electrons. The lowest BCUT2D eigenvalue weighted by Gasteiger charge is -2.28. The molecular weight excluding hydrogens is 403 g/mol. The highest BCUT2D eigenvalue weighted by Gasteiger charge is 2.23. The molecule has 0 radical (unpaired) electrons. The third-order valence-corrected chi connectivity index (χ3v) is 6.53. The third-order valence-electron chi connectivity index (χ3n) is 4.04. The third kappa shape index (κ3) is 4.63. The van der Waals surface area contributed by atoms with E-state index < -0.39 is 20.7 Å². The zero-order chi connectivity index (χ0) is 18.7. The van der Waals surface area contributed by atoms with Crippen LogP contribution in [0.3, 0.4) is 0 Å². The van der Waals surface area contributed by atoms with E-state index >= 15 is 0 Å². The number of aromatic nitrogens is 1. The van der Waals surface area contributed by atoms with Crippen molar-refractivity contribution >= 4 is 43.8 Å². The minimum atomic E-state index is -4.12. The molecule has 0 saturated carbocycles. The van der Waals surface area contributed by atoms with Crippen molar-refractivity contribution in [3.8, 4) is 0 Å². The number of thiazole rings is 1. The second kappa shape index (κ2) is 8.05. The number of hydrogen-bond acceptors (Lipinski definition) is 7. The maximum absolute atomic E-state index is 14.4. The van der Waals surface area contributed by atoms with Crippen LogP contribution in [0.4, 0.5) is 15.2 Å². The first-order chi connectivity index (χ1) is 12.3. The molecule has 1 atom stereocenters. The summed E-state index contributed by atoms with van der Waals surface area (Å²) in [5.74, 6) is -0.712. The fourth-order valence-electron chi connectivity index (χ4n) is 2.78. The summed E-state index contributed by atoms with van der Waals surface area (Å²) in [6.07, 6.45) is 3.26. The van der Waals surface area contributed by atoms with E-state index in [0.717, 1.165) is 36.3 Å². The number of piperidine rings is 1. The molecule has 26 heavy (non-hydrogen) atoms. The van der Waals surface area contributed by atoms with Gasteiger partial charge in [-0.25, -0.2) is 17.8 Å². The van der Waals surface area contributed by atoms with Crippen LogP contribution in [-0.2, 0) is 10.0 Å². The van der Waals surface area contributed by atoms with Crippen LogP contribution in [0.5, 0.6) is 0 Å². The molecule has 0 bridgehead atoms. The number of benzene rings is 1. The van der Waals surface area contributed by atoms with Crippen LogP contribution in [0, 0.1) is 11.7 Å². The molecule has 1 aliphatic heterocycles. The maximum atomic E-state index is 14.4. The monoisotopic (exact) mass is 420 g/mol. The molecule has 0 amide bonds. The van der Waals surface area contributed by atoms with Gasteiger partial charge in [-0.3, -0.25) is 4.72 Å². The van der Waals surface area contributed by atoms with Crippen molar-refractivity contribution in [2.75, 3.05) is 29.7 Å². The molecule has 0 unspecified atom stereocenters. The van der Waals surface area contributed by atoms with Gasteiger partial charge in [0.05, 0.1) is 10.7 Å². The number of anilines is 2. The molecule has 3 rings (SSSR count). The highest BCUT2D eigenvalue weighted by Crippen LogP contribution is 2.30. The number of sulfonamides is 1. The second-order valence-electron chi connectivity index (χ2n) is 6.01. The Labute approximate surface area is 159 Å². The molecule has 2 aromatic rings. The number of nitrogens with zero attached hydrogens (tertiary/aromatic N) is 2. The summed E-state index contributed by atoms with van der Waals surface area (Å²) in [5.41, 5.74) is 0.312. The van der Waals surface area contributed by atoms with Gasteiger partial charge in [0.15, 0.2) is 5.13 Å². The van der Waals surface area contributed by atoms with Gasteiger partial charge in [-0.15, -0.1) is 11.3 Å². The molecular formula is C15H18ClFN4O3S2. The van der Waals surface area contributed by atoms with E-state index in [4.69, 9.17) is 11.6 Å². The molecule has 7 nitrogen and oxygen atoms in total. The van der Waals surface area contributed by atoms with Crippen molar-refractivity contribution in [3.63, 3.8) is 0 Å². The smallest absolute Gasteiger partial charge is 0.266 e. The first kappa shape index (κ1) is 19.3. The molecule has 1 fully saturated rings. The minimum absolute atomic E-state index is 0.0996. The van der Waals surface area contributed by atoms with Crippen molar-refractivity contribution in [3.05, 3.63) is 34.5 Å². The number of hydrogen-bond donors (Lipinski definition) is 3. The van der Waals surface area contributed by atoms with Crippen molar-refractivity contribution in [1.29, 1.82) is 0 Å². The van der Waals surface area contributed by atoms with Crippen LogP contribution in [0.2, 0.25) is 5.02 Å². The number of rotatable bonds is 6. The molecule has 2 heterocycles. The summed E-state index contributed by atoms with van der Waals surface area (Å²) in [5, 5.41) is 15.7. The Bertz CT molecular complexity index is 864. The summed E-state index contributed by atoms with van der Waals surface area (Å²) >= 11 is 7.23. The van der Waals surface area contributed by atoms with Crippen molar-refractivity contribution in [2.45, 2.75) is 17.7 Å². The molecule has 0 aliphatic carbocycles. The number of nitrogens with one attached hydrogen (secondary N) is 2. The van der Waals surface area contributed by atoms with Gasteiger partial charge in [-0.05, 0) is 30.9 Å². The molecule has 3 N–H and O–H groups in total. The molecule has 1 aromatic heterocycles. The predicted molar refractivity (Wildman–Crippen MR) is 98.9 cm³/mol. The van der Waals surface area contributed by atoms with Crippen LogP contribution in [0.15, 0.2) is 28.6 Å². The summed E-state index contributed by atoms with van der Waals surface area (Å²) in [6.45, 7) is 1.67. The number of hydroxylamine groups is 2. The molecule has 11 heteroatoms. The zero-order valence-electron chi connectivity index (χ0n) is 13.7. The van der Waals surface area contributed by atoms with Crippen LogP contribution in [-0.4, -0.2) is 43.3 Å². The second-order valence-corrected chi connectivity index (χ2v) is 8.96. The van der Waals surface area contributed by atoms with Gasteiger partial charge < -0.3 is 10.5 Å². The first-order valence-corrected chi connectivity index (χ1v) is 10.7. The molecule has 0 spiro atoms. The Morgan fingerprint density at radius 2 is 2.27 bits per heavy atom. The predicted octanol–water partition coefficient (Wildman–Crippen LogP) is 3.25. The average molecular weight is 421 g/mol. The lowest BCUT2D eigenvalue weighted by molar-refractivity contribution is -0.116. The van der Waals surface area contributed by atoms with E-state index in [1.165, 1.54) is 11.3 Å². The van der Waals surface area contributed by atoms with Crippen molar-refractivity contribution in [2.24, 2.45) is 5.92 Å². The Morgan fingerprint density at radius 1 is 1.46 bits per heavy atom. The van der Waals surface area contributed by atoms with Crippen LogP contribution in [0.25, 0.3) is 0 Å². The fraction of sp³-hybridized carbons (Fsp3) is 0.400. The van der Waals surface area contributed by atoms with E-state index in [1.54, 1.807) is 5.38 Å². The quantitative estimate of drug-likeness (QED) is 0.664. The molecule has 1 saturated heterocycles. The normalized spacial score (nSPS) is 18.7. The first-order valence-electron chi connectivity index (χ1n) is 7.94. The Morgan fingerprint density at radius 3 is 2.96 bits per heavy atom. The van der Waals surface area contributed by atoms with Crippen molar-refractivity contribution < 1.29 is 18.0 Å².